The van der Waals surface area contributed by atoms with Crippen molar-refractivity contribution in [3.05, 3.63) is 22.4 Å². The maximum atomic E-state index is 3.85. The highest BCUT2D eigenvalue weighted by Gasteiger charge is 2.34. The van der Waals surface area contributed by atoms with Gasteiger partial charge < -0.3 is 5.32 Å². The highest BCUT2D eigenvalue weighted by molar-refractivity contribution is 7.09. The van der Waals surface area contributed by atoms with E-state index in [-0.39, 0.29) is 0 Å². The highest BCUT2D eigenvalue weighted by atomic mass is 32.1. The van der Waals surface area contributed by atoms with Crippen LogP contribution >= 0.6 is 11.3 Å². The van der Waals surface area contributed by atoms with Crippen molar-refractivity contribution >= 4 is 11.3 Å². The van der Waals surface area contributed by atoms with E-state index in [0.29, 0.717) is 11.5 Å². The van der Waals surface area contributed by atoms with E-state index in [4.69, 9.17) is 0 Å². The number of rotatable bonds is 7. The molecule has 1 aliphatic rings. The highest BCUT2D eigenvalue weighted by Crippen LogP contribution is 2.40. The van der Waals surface area contributed by atoms with Gasteiger partial charge in [0.05, 0.1) is 0 Å². The van der Waals surface area contributed by atoms with Gasteiger partial charge in [0, 0.05) is 10.9 Å². The fraction of sp³-hybridized carbons (Fsp3) is 0.765. The van der Waals surface area contributed by atoms with Crippen LogP contribution in [-0.4, -0.2) is 12.6 Å². The van der Waals surface area contributed by atoms with Crippen molar-refractivity contribution < 1.29 is 0 Å². The van der Waals surface area contributed by atoms with Crippen molar-refractivity contribution in [2.24, 2.45) is 5.41 Å². The summed E-state index contributed by atoms with van der Waals surface area (Å²) >= 11 is 1.91. The monoisotopic (exact) mass is 279 g/mol. The first-order chi connectivity index (χ1) is 9.24. The van der Waals surface area contributed by atoms with Crippen molar-refractivity contribution in [1.82, 2.24) is 5.32 Å². The second-order valence-electron chi connectivity index (χ2n) is 6.34. The summed E-state index contributed by atoms with van der Waals surface area (Å²) in [5.41, 5.74) is 0.532. The quantitative estimate of drug-likeness (QED) is 0.739. The lowest BCUT2D eigenvalue weighted by Crippen LogP contribution is -2.45. The first kappa shape index (κ1) is 15.1. The third-order valence-corrected chi connectivity index (χ3v) is 5.67. The number of thiophene rings is 1. The molecule has 1 heterocycles. The van der Waals surface area contributed by atoms with Crippen molar-refractivity contribution in [3.63, 3.8) is 0 Å². The Morgan fingerprint density at radius 3 is 2.74 bits per heavy atom. The molecule has 0 aliphatic heterocycles. The average Bonchev–Trinajstić information content (AvgIpc) is 2.92. The molecule has 1 aromatic heterocycles. The Bertz CT molecular complexity index is 338. The van der Waals surface area contributed by atoms with Crippen molar-refractivity contribution in [1.29, 1.82) is 0 Å². The predicted octanol–water partition coefficient (Wildman–Crippen LogP) is 5.02. The summed E-state index contributed by atoms with van der Waals surface area (Å²) < 4.78 is 0. The van der Waals surface area contributed by atoms with Crippen LogP contribution in [-0.2, 0) is 6.42 Å². The van der Waals surface area contributed by atoms with Crippen LogP contribution in [0.2, 0.25) is 0 Å². The summed E-state index contributed by atoms with van der Waals surface area (Å²) in [6.45, 7) is 5.96. The van der Waals surface area contributed by atoms with E-state index in [1.165, 1.54) is 57.9 Å². The topological polar surface area (TPSA) is 12.0 Å². The van der Waals surface area contributed by atoms with Gasteiger partial charge in [-0.05, 0) is 55.5 Å². The Morgan fingerprint density at radius 1 is 1.32 bits per heavy atom. The maximum Gasteiger partial charge on any atom is 0.0124 e. The van der Waals surface area contributed by atoms with E-state index >= 15 is 0 Å². The van der Waals surface area contributed by atoms with Crippen molar-refractivity contribution in [2.75, 3.05) is 6.54 Å². The molecule has 2 heteroatoms. The van der Waals surface area contributed by atoms with Crippen LogP contribution in [0.25, 0.3) is 0 Å². The maximum absolute atomic E-state index is 3.85. The standard InChI is InChI=1S/C17H29NS/c1-3-13-18-16(10-9-15-8-7-14-19-15)17(2)11-5-4-6-12-17/h7-8,14,16,18H,3-6,9-13H2,1-2H3. The molecule has 2 rings (SSSR count). The molecule has 0 bridgehead atoms. The van der Waals surface area contributed by atoms with Crippen LogP contribution in [0.4, 0.5) is 0 Å². The summed E-state index contributed by atoms with van der Waals surface area (Å²) in [7, 11) is 0. The van der Waals surface area contributed by atoms with E-state index in [1.807, 2.05) is 11.3 Å². The summed E-state index contributed by atoms with van der Waals surface area (Å²) in [6, 6.07) is 5.16. The van der Waals surface area contributed by atoms with Gasteiger partial charge in [0.1, 0.15) is 0 Å². The molecule has 108 valence electrons. The smallest absolute Gasteiger partial charge is 0.0124 e. The molecule has 19 heavy (non-hydrogen) atoms. The zero-order valence-corrected chi connectivity index (χ0v) is 13.4. The van der Waals surface area contributed by atoms with Crippen LogP contribution in [0.1, 0.15) is 63.7 Å². The van der Waals surface area contributed by atoms with E-state index in [0.717, 1.165) is 0 Å². The number of nitrogens with one attached hydrogen (secondary N) is 1. The van der Waals surface area contributed by atoms with Gasteiger partial charge in [0.25, 0.3) is 0 Å². The molecule has 1 fully saturated rings. The predicted molar refractivity (Wildman–Crippen MR) is 85.9 cm³/mol. The largest absolute Gasteiger partial charge is 0.313 e. The minimum absolute atomic E-state index is 0.532. The van der Waals surface area contributed by atoms with E-state index in [9.17, 15) is 0 Å². The number of aryl methyl sites for hydroxylation is 1. The zero-order chi connectivity index (χ0) is 13.6. The Kier molecular flexibility index (Phi) is 5.90. The van der Waals surface area contributed by atoms with Gasteiger partial charge in [-0.25, -0.2) is 0 Å². The summed E-state index contributed by atoms with van der Waals surface area (Å²) in [5, 5.41) is 6.05. The minimum Gasteiger partial charge on any atom is -0.313 e. The molecular formula is C17H29NS. The van der Waals surface area contributed by atoms with Crippen LogP contribution in [0, 0.1) is 5.41 Å². The molecule has 0 saturated heterocycles. The molecular weight excluding hydrogens is 250 g/mol. The lowest BCUT2D eigenvalue weighted by molar-refractivity contribution is 0.138. The van der Waals surface area contributed by atoms with Crippen LogP contribution < -0.4 is 5.32 Å². The zero-order valence-electron chi connectivity index (χ0n) is 12.6. The third-order valence-electron chi connectivity index (χ3n) is 4.74. The lowest BCUT2D eigenvalue weighted by atomic mass is 9.69. The number of hydrogen-bond acceptors (Lipinski definition) is 2. The minimum atomic E-state index is 0.532. The van der Waals surface area contributed by atoms with Crippen LogP contribution in [0.5, 0.6) is 0 Å². The molecule has 1 aliphatic carbocycles. The number of hydrogen-bond donors (Lipinski definition) is 1. The Morgan fingerprint density at radius 2 is 2.11 bits per heavy atom. The average molecular weight is 279 g/mol. The van der Waals surface area contributed by atoms with E-state index in [2.05, 4.69) is 36.7 Å². The van der Waals surface area contributed by atoms with Gasteiger partial charge in [-0.3, -0.25) is 0 Å². The van der Waals surface area contributed by atoms with Crippen molar-refractivity contribution in [2.45, 2.75) is 71.3 Å². The van der Waals surface area contributed by atoms with Crippen LogP contribution in [0.3, 0.4) is 0 Å². The Labute approximate surface area is 122 Å². The van der Waals surface area contributed by atoms with Crippen LogP contribution in [0.15, 0.2) is 17.5 Å². The normalized spacial score (nSPS) is 20.3. The molecule has 1 aromatic rings. The Balaban J connectivity index is 1.93. The molecule has 0 amide bonds. The van der Waals surface area contributed by atoms with Gasteiger partial charge in [-0.2, -0.15) is 0 Å². The summed E-state index contributed by atoms with van der Waals surface area (Å²) in [6.07, 6.45) is 10.9. The molecule has 1 N–H and O–H groups in total. The summed E-state index contributed by atoms with van der Waals surface area (Å²) in [5.74, 6) is 0. The lowest BCUT2D eigenvalue weighted by Gasteiger charge is -2.41. The molecule has 1 saturated carbocycles. The molecule has 1 atom stereocenters. The fourth-order valence-corrected chi connectivity index (χ4v) is 4.19. The summed E-state index contributed by atoms with van der Waals surface area (Å²) in [4.78, 5) is 1.54. The van der Waals surface area contributed by atoms with Gasteiger partial charge in [-0.15, -0.1) is 11.3 Å². The van der Waals surface area contributed by atoms with Gasteiger partial charge in [0.2, 0.25) is 0 Å². The Hall–Kier alpha value is -0.340. The molecule has 1 nitrogen and oxygen atoms in total. The van der Waals surface area contributed by atoms with Gasteiger partial charge in [0.15, 0.2) is 0 Å². The van der Waals surface area contributed by atoms with E-state index < -0.39 is 0 Å². The molecule has 0 radical (unpaired) electrons. The molecule has 0 spiro atoms. The van der Waals surface area contributed by atoms with E-state index in [1.54, 1.807) is 4.88 Å². The van der Waals surface area contributed by atoms with Crippen molar-refractivity contribution in [3.8, 4) is 0 Å². The second-order valence-corrected chi connectivity index (χ2v) is 7.37. The first-order valence-electron chi connectivity index (χ1n) is 8.00. The van der Waals surface area contributed by atoms with Gasteiger partial charge >= 0.3 is 0 Å². The SMILES string of the molecule is CCCNC(CCc1cccs1)C1(C)CCCCC1. The molecule has 0 aromatic carbocycles. The third kappa shape index (κ3) is 4.32. The second kappa shape index (κ2) is 7.44. The first-order valence-corrected chi connectivity index (χ1v) is 8.88. The molecule has 1 unspecified atom stereocenters. The fourth-order valence-electron chi connectivity index (χ4n) is 3.46. The van der Waals surface area contributed by atoms with Gasteiger partial charge in [-0.1, -0.05) is 39.2 Å².